The van der Waals surface area contributed by atoms with Crippen molar-refractivity contribution in [1.29, 1.82) is 0 Å². The first-order valence-corrected chi connectivity index (χ1v) is 6.54. The van der Waals surface area contributed by atoms with E-state index < -0.39 is 0 Å². The minimum absolute atomic E-state index is 0.0127. The molecule has 94 valence electrons. The van der Waals surface area contributed by atoms with Gasteiger partial charge in [-0.2, -0.15) is 0 Å². The van der Waals surface area contributed by atoms with Gasteiger partial charge in [0.05, 0.1) is 5.92 Å². The number of piperazine rings is 1. The van der Waals surface area contributed by atoms with E-state index in [2.05, 4.69) is 10.6 Å². The molecule has 2 N–H and O–H groups in total. The van der Waals surface area contributed by atoms with Gasteiger partial charge in [0.2, 0.25) is 11.8 Å². The Balaban J connectivity index is 1.64. The SMILES string of the molecule is O=C1CC(C(=O)N2CC3CCCC(C2)N3)CN1. The molecule has 0 aromatic heterocycles. The van der Waals surface area contributed by atoms with E-state index in [4.69, 9.17) is 0 Å². The minimum Gasteiger partial charge on any atom is -0.355 e. The van der Waals surface area contributed by atoms with Crippen molar-refractivity contribution in [3.05, 3.63) is 0 Å². The lowest BCUT2D eigenvalue weighted by atomic mass is 9.93. The van der Waals surface area contributed by atoms with Crippen molar-refractivity contribution in [2.75, 3.05) is 19.6 Å². The average molecular weight is 237 g/mol. The lowest BCUT2D eigenvalue weighted by molar-refractivity contribution is -0.138. The van der Waals surface area contributed by atoms with Crippen LogP contribution in [0.1, 0.15) is 25.7 Å². The van der Waals surface area contributed by atoms with Gasteiger partial charge in [-0.1, -0.05) is 6.42 Å². The number of likely N-dealkylation sites (tertiary alicyclic amines) is 1. The third kappa shape index (κ3) is 2.16. The van der Waals surface area contributed by atoms with Crippen LogP contribution >= 0.6 is 0 Å². The van der Waals surface area contributed by atoms with Crippen LogP contribution in [-0.2, 0) is 9.59 Å². The monoisotopic (exact) mass is 237 g/mol. The summed E-state index contributed by atoms with van der Waals surface area (Å²) in [5.74, 6) is 0.0572. The molecule has 3 heterocycles. The number of nitrogens with one attached hydrogen (secondary N) is 2. The minimum atomic E-state index is -0.124. The zero-order valence-electron chi connectivity index (χ0n) is 9.95. The van der Waals surface area contributed by atoms with Gasteiger partial charge in [-0.05, 0) is 12.8 Å². The van der Waals surface area contributed by atoms with E-state index in [1.54, 1.807) is 0 Å². The largest absolute Gasteiger partial charge is 0.355 e. The Kier molecular flexibility index (Phi) is 2.78. The summed E-state index contributed by atoms with van der Waals surface area (Å²) in [6.07, 6.45) is 3.98. The molecule has 0 aliphatic carbocycles. The lowest BCUT2D eigenvalue weighted by Crippen LogP contribution is -2.60. The molecular weight excluding hydrogens is 218 g/mol. The Hall–Kier alpha value is -1.10. The first kappa shape index (κ1) is 11.0. The highest BCUT2D eigenvalue weighted by atomic mass is 16.2. The van der Waals surface area contributed by atoms with Crippen LogP contribution in [0.15, 0.2) is 0 Å². The number of rotatable bonds is 1. The summed E-state index contributed by atoms with van der Waals surface area (Å²) in [5, 5.41) is 6.30. The van der Waals surface area contributed by atoms with Crippen LogP contribution in [0, 0.1) is 5.92 Å². The fourth-order valence-corrected chi connectivity index (χ4v) is 3.22. The molecule has 3 rings (SSSR count). The Morgan fingerprint density at radius 2 is 1.94 bits per heavy atom. The zero-order valence-corrected chi connectivity index (χ0v) is 9.95. The second-order valence-corrected chi connectivity index (χ2v) is 5.44. The van der Waals surface area contributed by atoms with E-state index in [1.165, 1.54) is 19.3 Å². The molecule has 3 unspecified atom stereocenters. The van der Waals surface area contributed by atoms with E-state index in [1.807, 2.05) is 4.90 Å². The van der Waals surface area contributed by atoms with E-state index >= 15 is 0 Å². The summed E-state index contributed by atoms with van der Waals surface area (Å²) < 4.78 is 0. The molecule has 2 amide bonds. The normalized spacial score (nSPS) is 36.8. The fourth-order valence-electron chi connectivity index (χ4n) is 3.22. The summed E-state index contributed by atoms with van der Waals surface area (Å²) in [7, 11) is 0. The molecule has 5 heteroatoms. The predicted octanol–water partition coefficient (Wildman–Crippen LogP) is -0.525. The molecule has 0 radical (unpaired) electrons. The average Bonchev–Trinajstić information content (AvgIpc) is 2.74. The number of fused-ring (bicyclic) bond motifs is 2. The number of carbonyl (C=O) groups is 2. The quantitative estimate of drug-likeness (QED) is 0.645. The van der Waals surface area contributed by atoms with Gasteiger partial charge in [0.15, 0.2) is 0 Å². The van der Waals surface area contributed by atoms with E-state index in [9.17, 15) is 9.59 Å². The first-order chi connectivity index (χ1) is 8.22. The molecule has 3 atom stereocenters. The third-order valence-corrected chi connectivity index (χ3v) is 4.10. The second-order valence-electron chi connectivity index (χ2n) is 5.44. The van der Waals surface area contributed by atoms with Crippen molar-refractivity contribution in [2.45, 2.75) is 37.8 Å². The molecule has 17 heavy (non-hydrogen) atoms. The molecule has 0 spiro atoms. The van der Waals surface area contributed by atoms with Crippen LogP contribution in [-0.4, -0.2) is 48.4 Å². The second kappa shape index (κ2) is 4.29. The van der Waals surface area contributed by atoms with Crippen molar-refractivity contribution in [3.63, 3.8) is 0 Å². The van der Waals surface area contributed by atoms with Crippen LogP contribution in [0.4, 0.5) is 0 Å². The Morgan fingerprint density at radius 1 is 1.24 bits per heavy atom. The number of amides is 2. The molecule has 3 fully saturated rings. The fraction of sp³-hybridized carbons (Fsp3) is 0.833. The predicted molar refractivity (Wildman–Crippen MR) is 62.3 cm³/mol. The lowest BCUT2D eigenvalue weighted by Gasteiger charge is -2.43. The van der Waals surface area contributed by atoms with Gasteiger partial charge in [-0.3, -0.25) is 9.59 Å². The summed E-state index contributed by atoms with van der Waals surface area (Å²) in [6, 6.07) is 0.938. The van der Waals surface area contributed by atoms with Gasteiger partial charge < -0.3 is 15.5 Å². The Bertz CT molecular complexity index is 333. The smallest absolute Gasteiger partial charge is 0.228 e. The number of carbonyl (C=O) groups excluding carboxylic acids is 2. The van der Waals surface area contributed by atoms with Crippen molar-refractivity contribution in [1.82, 2.24) is 15.5 Å². The molecule has 3 aliphatic heterocycles. The van der Waals surface area contributed by atoms with Gasteiger partial charge in [0.1, 0.15) is 0 Å². The molecule has 2 bridgehead atoms. The molecule has 5 nitrogen and oxygen atoms in total. The molecule has 0 aromatic carbocycles. The molecule has 3 aliphatic rings. The van der Waals surface area contributed by atoms with Crippen molar-refractivity contribution in [3.8, 4) is 0 Å². The maximum Gasteiger partial charge on any atom is 0.228 e. The van der Waals surface area contributed by atoms with Gasteiger partial charge in [-0.15, -0.1) is 0 Å². The number of piperidine rings is 1. The first-order valence-electron chi connectivity index (χ1n) is 6.54. The van der Waals surface area contributed by atoms with Crippen LogP contribution in [0.25, 0.3) is 0 Å². The van der Waals surface area contributed by atoms with Gasteiger partial charge >= 0.3 is 0 Å². The van der Waals surface area contributed by atoms with Gasteiger partial charge in [0, 0.05) is 38.1 Å². The summed E-state index contributed by atoms with van der Waals surface area (Å²) in [4.78, 5) is 25.4. The summed E-state index contributed by atoms with van der Waals surface area (Å²) in [6.45, 7) is 2.16. The zero-order chi connectivity index (χ0) is 11.8. The van der Waals surface area contributed by atoms with Gasteiger partial charge in [0.25, 0.3) is 0 Å². The molecule has 0 aromatic rings. The maximum absolute atomic E-state index is 12.3. The standard InChI is InChI=1S/C12H19N3O2/c16-11-4-8(5-13-11)12(17)15-6-9-2-1-3-10(7-15)14-9/h8-10,14H,1-7H2,(H,13,16). The van der Waals surface area contributed by atoms with Crippen molar-refractivity contribution in [2.24, 2.45) is 5.92 Å². The maximum atomic E-state index is 12.3. The highest BCUT2D eigenvalue weighted by Crippen LogP contribution is 2.22. The Morgan fingerprint density at radius 3 is 2.53 bits per heavy atom. The van der Waals surface area contributed by atoms with E-state index in [0.29, 0.717) is 25.0 Å². The van der Waals surface area contributed by atoms with Crippen LogP contribution in [0.3, 0.4) is 0 Å². The molecule has 3 saturated heterocycles. The molecule has 0 saturated carbocycles. The van der Waals surface area contributed by atoms with Crippen molar-refractivity contribution >= 4 is 11.8 Å². The van der Waals surface area contributed by atoms with Crippen LogP contribution in [0.2, 0.25) is 0 Å². The van der Waals surface area contributed by atoms with E-state index in [0.717, 1.165) is 13.1 Å². The number of hydrogen-bond acceptors (Lipinski definition) is 3. The molecular formula is C12H19N3O2. The summed E-state index contributed by atoms with van der Waals surface area (Å²) in [5.41, 5.74) is 0. The highest BCUT2D eigenvalue weighted by Gasteiger charge is 2.36. The third-order valence-electron chi connectivity index (χ3n) is 4.10. The van der Waals surface area contributed by atoms with Crippen LogP contribution in [0.5, 0.6) is 0 Å². The van der Waals surface area contributed by atoms with Crippen LogP contribution < -0.4 is 10.6 Å². The summed E-state index contributed by atoms with van der Waals surface area (Å²) >= 11 is 0. The highest BCUT2D eigenvalue weighted by molar-refractivity contribution is 5.89. The Labute approximate surface area is 101 Å². The van der Waals surface area contributed by atoms with Gasteiger partial charge in [-0.25, -0.2) is 0 Å². The number of hydrogen-bond donors (Lipinski definition) is 2. The topological polar surface area (TPSA) is 61.4 Å². The number of nitrogens with zero attached hydrogens (tertiary/aromatic N) is 1. The van der Waals surface area contributed by atoms with Crippen molar-refractivity contribution < 1.29 is 9.59 Å². The van der Waals surface area contributed by atoms with E-state index in [-0.39, 0.29) is 17.7 Å².